The van der Waals surface area contributed by atoms with E-state index >= 15 is 0 Å². The summed E-state index contributed by atoms with van der Waals surface area (Å²) in [7, 11) is 0. The predicted octanol–water partition coefficient (Wildman–Crippen LogP) is 3.30. The van der Waals surface area contributed by atoms with Crippen molar-refractivity contribution in [3.8, 4) is 0 Å². The van der Waals surface area contributed by atoms with Gasteiger partial charge in [-0.05, 0) is 27.2 Å². The molecule has 144 valence electrons. The lowest BCUT2D eigenvalue weighted by Crippen LogP contribution is -2.65. The van der Waals surface area contributed by atoms with Crippen molar-refractivity contribution >= 4 is 5.97 Å². The highest BCUT2D eigenvalue weighted by atomic mass is 16.5. The van der Waals surface area contributed by atoms with Gasteiger partial charge in [-0.1, -0.05) is 58.3 Å². The fourth-order valence-electron chi connectivity index (χ4n) is 2.97. The molecule has 0 aromatic rings. The molecule has 0 bridgehead atoms. The quantitative estimate of drug-likeness (QED) is 0.332. The predicted molar refractivity (Wildman–Crippen MR) is 97.7 cm³/mol. The number of rotatable bonds is 14. The number of unbranched alkanes of at least 4 members (excludes halogenated alkanes) is 8. The summed E-state index contributed by atoms with van der Waals surface area (Å²) in [5.41, 5.74) is 4.69. The molecular weight excluding hydrogens is 306 g/mol. The number of carbonyl (C=O) groups is 1. The van der Waals surface area contributed by atoms with E-state index in [4.69, 9.17) is 10.5 Å². The number of aliphatic hydroxyl groups excluding tert-OH is 2. The second-order valence-electron chi connectivity index (χ2n) is 7.06. The molecule has 0 saturated heterocycles. The van der Waals surface area contributed by atoms with E-state index in [0.717, 1.165) is 19.3 Å². The fraction of sp³-hybridized carbons (Fsp3) is 0.947. The lowest BCUT2D eigenvalue weighted by Gasteiger charge is -2.39. The normalized spacial score (nSPS) is 17.8. The van der Waals surface area contributed by atoms with Crippen molar-refractivity contribution in [3.63, 3.8) is 0 Å². The zero-order valence-electron chi connectivity index (χ0n) is 16.1. The molecule has 0 saturated carbocycles. The first kappa shape index (κ1) is 23.4. The molecule has 0 rings (SSSR count). The molecule has 3 unspecified atom stereocenters. The van der Waals surface area contributed by atoms with Gasteiger partial charge in [0.2, 0.25) is 0 Å². The molecule has 0 fully saturated rings. The van der Waals surface area contributed by atoms with Gasteiger partial charge < -0.3 is 20.7 Å². The Morgan fingerprint density at radius 3 is 1.75 bits per heavy atom. The number of carbonyl (C=O) groups excluding carboxylic acids is 1. The zero-order valence-corrected chi connectivity index (χ0v) is 16.1. The molecule has 4 N–H and O–H groups in total. The van der Waals surface area contributed by atoms with E-state index in [9.17, 15) is 15.0 Å². The molecule has 0 aromatic heterocycles. The molecule has 5 heteroatoms. The van der Waals surface area contributed by atoms with E-state index in [2.05, 4.69) is 6.92 Å². The fourth-order valence-corrected chi connectivity index (χ4v) is 2.97. The Labute approximate surface area is 148 Å². The molecule has 0 aliphatic heterocycles. The van der Waals surface area contributed by atoms with E-state index in [1.54, 1.807) is 6.92 Å². The van der Waals surface area contributed by atoms with Crippen LogP contribution in [-0.2, 0) is 9.53 Å². The van der Waals surface area contributed by atoms with Crippen molar-refractivity contribution in [1.29, 1.82) is 0 Å². The monoisotopic (exact) mass is 345 g/mol. The van der Waals surface area contributed by atoms with Crippen LogP contribution in [0.2, 0.25) is 0 Å². The van der Waals surface area contributed by atoms with Crippen molar-refractivity contribution in [3.05, 3.63) is 0 Å². The molecule has 3 atom stereocenters. The Balaban J connectivity index is 3.90. The van der Waals surface area contributed by atoms with Crippen LogP contribution in [0.3, 0.4) is 0 Å². The number of esters is 1. The van der Waals surface area contributed by atoms with E-state index in [1.807, 2.05) is 0 Å². The van der Waals surface area contributed by atoms with Gasteiger partial charge in [-0.15, -0.1) is 0 Å². The summed E-state index contributed by atoms with van der Waals surface area (Å²) < 4.78 is 5.33. The maximum absolute atomic E-state index is 11.9. The zero-order chi connectivity index (χ0) is 18.6. The summed E-state index contributed by atoms with van der Waals surface area (Å²) in [6.45, 7) is 6.83. The minimum atomic E-state index is -1.35. The molecule has 0 spiro atoms. The van der Waals surface area contributed by atoms with Gasteiger partial charge in [0.15, 0.2) is 0 Å². The third-order valence-corrected chi connectivity index (χ3v) is 4.94. The number of aliphatic hydroxyl groups is 2. The maximum Gasteiger partial charge on any atom is 0.306 e. The highest BCUT2D eigenvalue weighted by Gasteiger charge is 2.43. The van der Waals surface area contributed by atoms with Crippen LogP contribution in [0.5, 0.6) is 0 Å². The summed E-state index contributed by atoms with van der Waals surface area (Å²) in [5.74, 6) is -0.318. The minimum absolute atomic E-state index is 0.318. The summed E-state index contributed by atoms with van der Waals surface area (Å²) in [4.78, 5) is 11.9. The van der Waals surface area contributed by atoms with Crippen molar-refractivity contribution < 1.29 is 19.7 Å². The van der Waals surface area contributed by atoms with Gasteiger partial charge in [0.25, 0.3) is 0 Å². The van der Waals surface area contributed by atoms with Gasteiger partial charge in [-0.2, -0.15) is 0 Å². The van der Waals surface area contributed by atoms with Crippen LogP contribution in [0.1, 0.15) is 91.9 Å². The summed E-state index contributed by atoms with van der Waals surface area (Å²) >= 11 is 0. The van der Waals surface area contributed by atoms with Crippen molar-refractivity contribution in [1.82, 2.24) is 0 Å². The van der Waals surface area contributed by atoms with Crippen LogP contribution in [-0.4, -0.2) is 40.0 Å². The van der Waals surface area contributed by atoms with Gasteiger partial charge in [-0.25, -0.2) is 0 Å². The highest BCUT2D eigenvalue weighted by Crippen LogP contribution is 2.21. The standard InChI is InChI=1S/C19H39NO4/c1-5-6-7-8-9-10-11-12-13-14-18(23)24-17(4)19(20,15(2)21)16(3)22/h15-17,21-22H,5-14,20H2,1-4H3. The second-order valence-corrected chi connectivity index (χ2v) is 7.06. The third-order valence-electron chi connectivity index (χ3n) is 4.94. The van der Waals surface area contributed by atoms with Crippen LogP contribution >= 0.6 is 0 Å². The number of ether oxygens (including phenoxy) is 1. The first-order valence-electron chi connectivity index (χ1n) is 9.61. The summed E-state index contributed by atoms with van der Waals surface area (Å²) in [6.07, 6.45) is 8.38. The highest BCUT2D eigenvalue weighted by molar-refractivity contribution is 5.69. The molecule has 0 aliphatic rings. The molecule has 24 heavy (non-hydrogen) atoms. The Morgan fingerprint density at radius 1 is 0.917 bits per heavy atom. The maximum atomic E-state index is 11.9. The van der Waals surface area contributed by atoms with Gasteiger partial charge >= 0.3 is 5.97 Å². The molecule has 0 heterocycles. The molecular formula is C19H39NO4. The Bertz CT molecular complexity index is 323. The second kappa shape index (κ2) is 12.7. The van der Waals surface area contributed by atoms with E-state index in [0.29, 0.717) is 6.42 Å². The van der Waals surface area contributed by atoms with Crippen LogP contribution in [0, 0.1) is 0 Å². The molecule has 0 aliphatic carbocycles. The SMILES string of the molecule is CCCCCCCCCCCC(=O)OC(C)C(N)(C(C)O)C(C)O. The van der Waals surface area contributed by atoms with Crippen molar-refractivity contribution in [2.75, 3.05) is 0 Å². The Kier molecular flexibility index (Phi) is 12.3. The van der Waals surface area contributed by atoms with E-state index in [1.165, 1.54) is 52.4 Å². The van der Waals surface area contributed by atoms with Gasteiger partial charge in [0.05, 0.1) is 12.2 Å². The molecule has 0 amide bonds. The first-order chi connectivity index (χ1) is 11.3. The number of hydrogen-bond donors (Lipinski definition) is 3. The third kappa shape index (κ3) is 8.45. The summed E-state index contributed by atoms with van der Waals surface area (Å²) in [5, 5.41) is 19.6. The smallest absolute Gasteiger partial charge is 0.306 e. The van der Waals surface area contributed by atoms with Gasteiger partial charge in [0.1, 0.15) is 11.6 Å². The molecule has 0 radical (unpaired) electrons. The van der Waals surface area contributed by atoms with Crippen molar-refractivity contribution in [2.45, 2.75) is 116 Å². The lowest BCUT2D eigenvalue weighted by atomic mass is 9.84. The number of nitrogens with two attached hydrogens (primary N) is 1. The topological polar surface area (TPSA) is 92.8 Å². The number of hydrogen-bond acceptors (Lipinski definition) is 5. The Morgan fingerprint density at radius 2 is 1.33 bits per heavy atom. The average molecular weight is 346 g/mol. The lowest BCUT2D eigenvalue weighted by molar-refractivity contribution is -0.158. The van der Waals surface area contributed by atoms with Crippen LogP contribution in [0.4, 0.5) is 0 Å². The minimum Gasteiger partial charge on any atom is -0.460 e. The first-order valence-corrected chi connectivity index (χ1v) is 9.61. The van der Waals surface area contributed by atoms with Crippen LogP contribution in [0.15, 0.2) is 0 Å². The van der Waals surface area contributed by atoms with E-state index in [-0.39, 0.29) is 5.97 Å². The average Bonchev–Trinajstić information content (AvgIpc) is 2.51. The molecule has 5 nitrogen and oxygen atoms in total. The Hall–Kier alpha value is -0.650. The van der Waals surface area contributed by atoms with Crippen molar-refractivity contribution in [2.24, 2.45) is 5.73 Å². The molecule has 0 aromatic carbocycles. The van der Waals surface area contributed by atoms with Gasteiger partial charge in [0, 0.05) is 6.42 Å². The largest absolute Gasteiger partial charge is 0.460 e. The van der Waals surface area contributed by atoms with Crippen LogP contribution in [0.25, 0.3) is 0 Å². The summed E-state index contributed by atoms with van der Waals surface area (Å²) in [6, 6.07) is 0. The van der Waals surface area contributed by atoms with Gasteiger partial charge in [-0.3, -0.25) is 4.79 Å². The van der Waals surface area contributed by atoms with E-state index < -0.39 is 23.9 Å². The van der Waals surface area contributed by atoms with Crippen LogP contribution < -0.4 is 5.73 Å².